The number of aliphatic hydroxyl groups is 3. The van der Waals surface area contributed by atoms with Crippen molar-refractivity contribution < 1.29 is 38.8 Å². The van der Waals surface area contributed by atoms with Crippen LogP contribution in [0, 0.1) is 5.85 Å². The van der Waals surface area contributed by atoms with Crippen LogP contribution in [0.1, 0.15) is 6.92 Å². The summed E-state index contributed by atoms with van der Waals surface area (Å²) < 4.78 is 20.6. The Labute approximate surface area is 103 Å². The van der Waals surface area contributed by atoms with Crippen molar-refractivity contribution >= 4 is 13.6 Å². The number of rotatable bonds is 4. The van der Waals surface area contributed by atoms with E-state index >= 15 is 0 Å². The van der Waals surface area contributed by atoms with E-state index in [1.807, 2.05) is 0 Å². The molecule has 5 atom stereocenters. The summed E-state index contributed by atoms with van der Waals surface area (Å²) in [6.07, 6.45) is -4.68. The van der Waals surface area contributed by atoms with Gasteiger partial charge in [0, 0.05) is 0 Å². The lowest BCUT2D eigenvalue weighted by Crippen LogP contribution is -2.33. The first kappa shape index (κ1) is 15.5. The molecule has 1 heterocycles. The van der Waals surface area contributed by atoms with Gasteiger partial charge < -0.3 is 35.2 Å². The molecular formula is C8H15NO8P. The highest BCUT2D eigenvalue weighted by atomic mass is 31.2. The third-order valence-electron chi connectivity index (χ3n) is 2.27. The minimum absolute atomic E-state index is 0.678. The average Bonchev–Trinajstić information content (AvgIpc) is 2.55. The van der Waals surface area contributed by atoms with Crippen LogP contribution in [0.25, 0.3) is 0 Å². The van der Waals surface area contributed by atoms with E-state index in [0.29, 0.717) is 0 Å². The van der Waals surface area contributed by atoms with E-state index in [2.05, 4.69) is 4.52 Å². The molecule has 0 saturated carbocycles. The fourth-order valence-electron chi connectivity index (χ4n) is 1.27. The van der Waals surface area contributed by atoms with Gasteiger partial charge in [-0.1, -0.05) is 0 Å². The standard InChI is InChI=1S/C8H15NO8P/c1-3(9)7(13)17-18(14,15)8-6(12)5(11)4(2-10)16-8/h3-6,10-12H,2,9H2,1H3,(H,14,15)/t3-,4+,5+,6+/m0/s1. The molecule has 1 radical (unpaired) electrons. The van der Waals surface area contributed by atoms with Gasteiger partial charge >= 0.3 is 13.6 Å². The molecule has 0 spiro atoms. The van der Waals surface area contributed by atoms with Crippen molar-refractivity contribution in [1.29, 1.82) is 0 Å². The summed E-state index contributed by atoms with van der Waals surface area (Å²) in [6, 6.07) is -1.14. The molecule has 0 aromatic carbocycles. The fraction of sp³-hybridized carbons (Fsp3) is 0.750. The zero-order valence-electron chi connectivity index (χ0n) is 9.46. The first-order chi connectivity index (χ1) is 8.20. The molecule has 0 aliphatic carbocycles. The van der Waals surface area contributed by atoms with Gasteiger partial charge in [-0.2, -0.15) is 0 Å². The molecular weight excluding hydrogens is 269 g/mol. The Morgan fingerprint density at radius 1 is 1.61 bits per heavy atom. The van der Waals surface area contributed by atoms with Crippen molar-refractivity contribution in [2.75, 3.05) is 6.61 Å². The van der Waals surface area contributed by atoms with Crippen LogP contribution < -0.4 is 5.73 Å². The molecule has 105 valence electrons. The molecule has 0 aromatic heterocycles. The minimum atomic E-state index is -4.75. The third-order valence-corrected chi connectivity index (χ3v) is 3.63. The van der Waals surface area contributed by atoms with E-state index in [4.69, 9.17) is 15.6 Å². The molecule has 6 N–H and O–H groups in total. The number of carbonyl (C=O) groups excluding carboxylic acids is 1. The van der Waals surface area contributed by atoms with Crippen LogP contribution in [0.3, 0.4) is 0 Å². The van der Waals surface area contributed by atoms with Crippen molar-refractivity contribution in [1.82, 2.24) is 0 Å². The number of carbonyl (C=O) groups is 1. The molecule has 9 nitrogen and oxygen atoms in total. The lowest BCUT2D eigenvalue weighted by molar-refractivity contribution is -0.136. The molecule has 1 unspecified atom stereocenters. The summed E-state index contributed by atoms with van der Waals surface area (Å²) in [4.78, 5) is 20.6. The topological polar surface area (TPSA) is 160 Å². The van der Waals surface area contributed by atoms with Crippen LogP contribution in [-0.2, 0) is 18.6 Å². The van der Waals surface area contributed by atoms with Gasteiger partial charge in [-0.25, -0.2) is 4.57 Å². The molecule has 0 amide bonds. The molecule has 10 heteroatoms. The Bertz CT molecular complexity index is 361. The van der Waals surface area contributed by atoms with E-state index in [9.17, 15) is 24.5 Å². The van der Waals surface area contributed by atoms with E-state index in [-0.39, 0.29) is 0 Å². The summed E-state index contributed by atoms with van der Waals surface area (Å²) in [7, 11) is -4.75. The van der Waals surface area contributed by atoms with Gasteiger partial charge in [-0.15, -0.1) is 0 Å². The van der Waals surface area contributed by atoms with E-state index in [1.54, 1.807) is 0 Å². The van der Waals surface area contributed by atoms with Crippen LogP contribution in [0.5, 0.6) is 0 Å². The van der Waals surface area contributed by atoms with Gasteiger partial charge in [0.15, 0.2) is 0 Å². The second-order valence-electron chi connectivity index (χ2n) is 3.83. The Morgan fingerprint density at radius 3 is 2.56 bits per heavy atom. The highest BCUT2D eigenvalue weighted by Crippen LogP contribution is 2.58. The number of nitrogens with two attached hydrogens (primary N) is 1. The Hall–Kier alpha value is -0.540. The molecule has 18 heavy (non-hydrogen) atoms. The van der Waals surface area contributed by atoms with E-state index in [1.165, 1.54) is 6.92 Å². The maximum atomic E-state index is 11.7. The normalized spacial score (nSPS) is 34.0. The van der Waals surface area contributed by atoms with Gasteiger partial charge in [0.2, 0.25) is 0 Å². The molecule has 1 aliphatic rings. The molecule has 1 aliphatic heterocycles. The van der Waals surface area contributed by atoms with Crippen LogP contribution in [0.2, 0.25) is 0 Å². The van der Waals surface area contributed by atoms with E-state index in [0.717, 1.165) is 0 Å². The Morgan fingerprint density at radius 2 is 2.17 bits per heavy atom. The zero-order chi connectivity index (χ0) is 14.1. The van der Waals surface area contributed by atoms with Gasteiger partial charge in [0.05, 0.1) is 6.61 Å². The molecule has 1 rings (SSSR count). The van der Waals surface area contributed by atoms with Gasteiger partial charge in [0.25, 0.3) is 5.85 Å². The summed E-state index contributed by atoms with van der Waals surface area (Å²) in [5, 5.41) is 27.6. The number of aliphatic hydroxyl groups excluding tert-OH is 3. The second kappa shape index (κ2) is 5.62. The Kier molecular flexibility index (Phi) is 4.84. The average molecular weight is 284 g/mol. The number of hydrogen-bond donors (Lipinski definition) is 5. The maximum absolute atomic E-state index is 11.7. The van der Waals surface area contributed by atoms with Crippen molar-refractivity contribution in [2.45, 2.75) is 31.3 Å². The number of ether oxygens (including phenoxy) is 1. The highest BCUT2D eigenvalue weighted by molar-refractivity contribution is 7.56. The molecule has 0 aromatic rings. The van der Waals surface area contributed by atoms with Gasteiger partial charge in [-0.05, 0) is 6.92 Å². The largest absolute Gasteiger partial charge is 0.417 e. The molecule has 0 bridgehead atoms. The fourth-order valence-corrected chi connectivity index (χ4v) is 2.53. The third kappa shape index (κ3) is 3.07. The quantitative estimate of drug-likeness (QED) is 0.356. The first-order valence-electron chi connectivity index (χ1n) is 5.03. The minimum Gasteiger partial charge on any atom is -0.394 e. The highest BCUT2D eigenvalue weighted by Gasteiger charge is 2.54. The Balaban J connectivity index is 2.80. The first-order valence-corrected chi connectivity index (χ1v) is 6.61. The summed E-state index contributed by atoms with van der Waals surface area (Å²) in [5.41, 5.74) is 5.15. The molecule has 1 fully saturated rings. The maximum Gasteiger partial charge on any atom is 0.417 e. The predicted molar refractivity (Wildman–Crippen MR) is 56.8 cm³/mol. The summed E-state index contributed by atoms with van der Waals surface area (Å²) in [6.45, 7) is 0.563. The molecule has 1 saturated heterocycles. The smallest absolute Gasteiger partial charge is 0.394 e. The monoisotopic (exact) mass is 284 g/mol. The van der Waals surface area contributed by atoms with Crippen LogP contribution in [0.15, 0.2) is 0 Å². The van der Waals surface area contributed by atoms with Crippen molar-refractivity contribution in [3.8, 4) is 0 Å². The SMILES string of the molecule is C[C@H](N)C(=O)OP(=O)(O)[C]1O[C@H](CO)[C@@H](O)[C@H]1O. The van der Waals surface area contributed by atoms with Crippen LogP contribution in [-0.4, -0.2) is 57.1 Å². The summed E-state index contributed by atoms with van der Waals surface area (Å²) >= 11 is 0. The van der Waals surface area contributed by atoms with Gasteiger partial charge in [-0.3, -0.25) is 4.79 Å². The zero-order valence-corrected chi connectivity index (χ0v) is 10.4. The summed E-state index contributed by atoms with van der Waals surface area (Å²) in [5.74, 6) is -2.05. The lowest BCUT2D eigenvalue weighted by atomic mass is 10.2. The van der Waals surface area contributed by atoms with Crippen molar-refractivity contribution in [3.63, 3.8) is 0 Å². The van der Waals surface area contributed by atoms with Gasteiger partial charge in [0.1, 0.15) is 24.4 Å². The van der Waals surface area contributed by atoms with Crippen LogP contribution in [0.4, 0.5) is 0 Å². The predicted octanol–water partition coefficient (Wildman–Crippen LogP) is -2.34. The van der Waals surface area contributed by atoms with E-state index < -0.39 is 50.4 Å². The second-order valence-corrected chi connectivity index (χ2v) is 5.50. The number of hydrogen-bond acceptors (Lipinski definition) is 8. The van der Waals surface area contributed by atoms with Crippen molar-refractivity contribution in [2.24, 2.45) is 5.73 Å². The lowest BCUT2D eigenvalue weighted by Gasteiger charge is -2.19. The van der Waals surface area contributed by atoms with Crippen molar-refractivity contribution in [3.05, 3.63) is 5.85 Å². The van der Waals surface area contributed by atoms with Crippen LogP contribution >= 0.6 is 7.60 Å².